The first-order valence-electron chi connectivity index (χ1n) is 8.28. The molecule has 0 aromatic heterocycles. The van der Waals surface area contributed by atoms with Gasteiger partial charge in [-0.1, -0.05) is 0 Å². The molecule has 1 aromatic carbocycles. The number of likely N-dealkylation sites (N-methyl/N-ethyl adjacent to an activating group) is 1. The summed E-state index contributed by atoms with van der Waals surface area (Å²) in [4.78, 5) is 32.5. The van der Waals surface area contributed by atoms with E-state index in [1.165, 1.54) is 0 Å². The highest BCUT2D eigenvalue weighted by atomic mass is 16.2. The molecule has 1 atom stereocenters. The van der Waals surface area contributed by atoms with Gasteiger partial charge >= 0.3 is 6.03 Å². The largest absolute Gasteiger partial charge is 0.378 e. The van der Waals surface area contributed by atoms with Gasteiger partial charge in [0.15, 0.2) is 0 Å². The number of carbonyl (C=O) groups excluding carboxylic acids is 2. The minimum atomic E-state index is -0.209. The van der Waals surface area contributed by atoms with E-state index in [1.807, 2.05) is 50.3 Å². The molecule has 130 valence electrons. The minimum absolute atomic E-state index is 0.106. The van der Waals surface area contributed by atoms with E-state index in [0.717, 1.165) is 31.0 Å². The lowest BCUT2D eigenvalue weighted by Gasteiger charge is -2.45. The van der Waals surface area contributed by atoms with E-state index in [9.17, 15) is 9.59 Å². The molecule has 7 heteroatoms. The predicted octanol–water partition coefficient (Wildman–Crippen LogP) is 0.743. The van der Waals surface area contributed by atoms with Crippen LogP contribution in [0.25, 0.3) is 0 Å². The van der Waals surface area contributed by atoms with Crippen LogP contribution in [0.15, 0.2) is 24.3 Å². The maximum atomic E-state index is 12.5. The number of amides is 3. The molecule has 2 fully saturated rings. The fourth-order valence-electron chi connectivity index (χ4n) is 3.20. The Hall–Kier alpha value is -2.28. The maximum absolute atomic E-state index is 12.5. The Bertz CT molecular complexity index is 616. The third kappa shape index (κ3) is 3.31. The molecule has 3 amide bonds. The second kappa shape index (κ2) is 6.68. The van der Waals surface area contributed by atoms with Crippen molar-refractivity contribution in [2.75, 3.05) is 64.1 Å². The monoisotopic (exact) mass is 331 g/mol. The molecule has 1 aromatic rings. The molecule has 2 saturated heterocycles. The van der Waals surface area contributed by atoms with Crippen molar-refractivity contribution < 1.29 is 9.59 Å². The number of anilines is 2. The SMILES string of the molecule is CN1CCN2CCN(C(=O)Nc3ccc(N(C)C)cc3)C[C@@H]2C1=O. The number of urea groups is 1. The Labute approximate surface area is 142 Å². The minimum Gasteiger partial charge on any atom is -0.378 e. The van der Waals surface area contributed by atoms with Crippen LogP contribution in [-0.4, -0.2) is 86.5 Å². The zero-order chi connectivity index (χ0) is 17.3. The maximum Gasteiger partial charge on any atom is 0.321 e. The van der Waals surface area contributed by atoms with Gasteiger partial charge < -0.3 is 20.0 Å². The summed E-state index contributed by atoms with van der Waals surface area (Å²) in [6, 6.07) is 7.36. The molecule has 0 radical (unpaired) electrons. The lowest BCUT2D eigenvalue weighted by atomic mass is 10.1. The number of piperazine rings is 2. The van der Waals surface area contributed by atoms with E-state index in [4.69, 9.17) is 0 Å². The van der Waals surface area contributed by atoms with Crippen molar-refractivity contribution in [1.82, 2.24) is 14.7 Å². The van der Waals surface area contributed by atoms with Crippen molar-refractivity contribution in [2.24, 2.45) is 0 Å². The van der Waals surface area contributed by atoms with Gasteiger partial charge in [-0.15, -0.1) is 0 Å². The van der Waals surface area contributed by atoms with E-state index < -0.39 is 0 Å². The van der Waals surface area contributed by atoms with Gasteiger partial charge in [-0.3, -0.25) is 9.69 Å². The second-order valence-electron chi connectivity index (χ2n) is 6.63. The molecule has 0 aliphatic carbocycles. The standard InChI is InChI=1S/C17H25N5O2/c1-19(2)14-6-4-13(5-7-14)18-17(24)22-11-10-21-9-8-20(3)16(23)15(21)12-22/h4-7,15H,8-12H2,1-3H3,(H,18,24)/t15-/m1/s1. The van der Waals surface area contributed by atoms with E-state index in [0.29, 0.717) is 13.1 Å². The quantitative estimate of drug-likeness (QED) is 0.868. The van der Waals surface area contributed by atoms with Gasteiger partial charge in [0.2, 0.25) is 5.91 Å². The Balaban J connectivity index is 1.62. The van der Waals surface area contributed by atoms with Crippen LogP contribution in [0.2, 0.25) is 0 Å². The summed E-state index contributed by atoms with van der Waals surface area (Å²) in [5, 5.41) is 2.92. The number of rotatable bonds is 2. The van der Waals surface area contributed by atoms with Gasteiger partial charge in [-0.2, -0.15) is 0 Å². The van der Waals surface area contributed by atoms with Gasteiger partial charge in [0.25, 0.3) is 0 Å². The highest BCUT2D eigenvalue weighted by Crippen LogP contribution is 2.19. The van der Waals surface area contributed by atoms with Crippen LogP contribution in [0.1, 0.15) is 0 Å². The van der Waals surface area contributed by atoms with Crippen molar-refractivity contribution in [1.29, 1.82) is 0 Å². The first kappa shape index (κ1) is 16.6. The van der Waals surface area contributed by atoms with E-state index in [2.05, 4.69) is 10.2 Å². The molecule has 2 aliphatic rings. The topological polar surface area (TPSA) is 59.1 Å². The second-order valence-corrected chi connectivity index (χ2v) is 6.63. The number of nitrogens with one attached hydrogen (secondary N) is 1. The first-order valence-corrected chi connectivity index (χ1v) is 8.28. The Morgan fingerprint density at radius 3 is 2.46 bits per heavy atom. The Morgan fingerprint density at radius 1 is 1.12 bits per heavy atom. The zero-order valence-corrected chi connectivity index (χ0v) is 14.5. The Kier molecular flexibility index (Phi) is 4.62. The normalized spacial score (nSPS) is 21.5. The summed E-state index contributed by atoms with van der Waals surface area (Å²) in [5.41, 5.74) is 1.84. The van der Waals surface area contributed by atoms with Crippen LogP contribution < -0.4 is 10.2 Å². The van der Waals surface area contributed by atoms with Crippen LogP contribution in [0.5, 0.6) is 0 Å². The molecule has 0 unspecified atom stereocenters. The number of nitrogens with zero attached hydrogens (tertiary/aromatic N) is 4. The predicted molar refractivity (Wildman–Crippen MR) is 94.4 cm³/mol. The lowest BCUT2D eigenvalue weighted by molar-refractivity contribution is -0.142. The van der Waals surface area contributed by atoms with Crippen molar-refractivity contribution in [3.63, 3.8) is 0 Å². The van der Waals surface area contributed by atoms with E-state index in [1.54, 1.807) is 9.80 Å². The summed E-state index contributed by atoms with van der Waals surface area (Å²) in [7, 11) is 5.78. The molecule has 2 heterocycles. The average molecular weight is 331 g/mol. The number of hydrogen-bond acceptors (Lipinski definition) is 4. The first-order chi connectivity index (χ1) is 11.5. The van der Waals surface area contributed by atoms with Gasteiger partial charge in [-0.05, 0) is 24.3 Å². The van der Waals surface area contributed by atoms with Crippen LogP contribution >= 0.6 is 0 Å². The van der Waals surface area contributed by atoms with Crippen molar-refractivity contribution in [3.05, 3.63) is 24.3 Å². The zero-order valence-electron chi connectivity index (χ0n) is 14.5. The van der Waals surface area contributed by atoms with E-state index in [-0.39, 0.29) is 18.0 Å². The van der Waals surface area contributed by atoms with Gasteiger partial charge in [0.05, 0.1) is 0 Å². The van der Waals surface area contributed by atoms with Gasteiger partial charge in [0.1, 0.15) is 6.04 Å². The van der Waals surface area contributed by atoms with Gasteiger partial charge in [-0.25, -0.2) is 4.79 Å². The molecule has 3 rings (SSSR count). The van der Waals surface area contributed by atoms with E-state index >= 15 is 0 Å². The van der Waals surface area contributed by atoms with Crippen molar-refractivity contribution in [2.45, 2.75) is 6.04 Å². The smallest absolute Gasteiger partial charge is 0.321 e. The van der Waals surface area contributed by atoms with Crippen LogP contribution in [0, 0.1) is 0 Å². The number of fused-ring (bicyclic) bond motifs is 1. The average Bonchev–Trinajstić information content (AvgIpc) is 2.58. The summed E-state index contributed by atoms with van der Waals surface area (Å²) in [5.74, 6) is 0.106. The Morgan fingerprint density at radius 2 is 1.79 bits per heavy atom. The van der Waals surface area contributed by atoms with Crippen LogP contribution in [0.4, 0.5) is 16.2 Å². The highest BCUT2D eigenvalue weighted by molar-refractivity contribution is 5.91. The van der Waals surface area contributed by atoms with Crippen LogP contribution in [-0.2, 0) is 4.79 Å². The number of benzene rings is 1. The third-order valence-corrected chi connectivity index (χ3v) is 4.80. The molecule has 7 nitrogen and oxygen atoms in total. The molecular weight excluding hydrogens is 306 g/mol. The summed E-state index contributed by atoms with van der Waals surface area (Å²) in [6.07, 6.45) is 0. The van der Waals surface area contributed by atoms with Crippen LogP contribution in [0.3, 0.4) is 0 Å². The summed E-state index contributed by atoms with van der Waals surface area (Å²) < 4.78 is 0. The molecule has 0 saturated carbocycles. The molecule has 24 heavy (non-hydrogen) atoms. The highest BCUT2D eigenvalue weighted by Gasteiger charge is 2.38. The third-order valence-electron chi connectivity index (χ3n) is 4.80. The van der Waals surface area contributed by atoms with Crippen molar-refractivity contribution in [3.8, 4) is 0 Å². The fraction of sp³-hybridized carbons (Fsp3) is 0.529. The number of carbonyl (C=O) groups is 2. The molecule has 2 aliphatic heterocycles. The van der Waals surface area contributed by atoms with Crippen molar-refractivity contribution >= 4 is 23.3 Å². The number of hydrogen-bond donors (Lipinski definition) is 1. The summed E-state index contributed by atoms with van der Waals surface area (Å²) >= 11 is 0. The molecule has 0 spiro atoms. The molecule has 1 N–H and O–H groups in total. The fourth-order valence-corrected chi connectivity index (χ4v) is 3.20. The lowest BCUT2D eigenvalue weighted by Crippen LogP contribution is -2.65. The van der Waals surface area contributed by atoms with Gasteiger partial charge in [0, 0.05) is 65.2 Å². The molecular formula is C17H25N5O2. The molecule has 0 bridgehead atoms. The summed E-state index contributed by atoms with van der Waals surface area (Å²) in [6.45, 7) is 3.49.